The van der Waals surface area contributed by atoms with Gasteiger partial charge in [-0.3, -0.25) is 0 Å². The summed E-state index contributed by atoms with van der Waals surface area (Å²) in [6.45, 7) is 6.67. The fourth-order valence-electron chi connectivity index (χ4n) is 2.37. The van der Waals surface area contributed by atoms with Gasteiger partial charge < -0.3 is 20.4 Å². The van der Waals surface area contributed by atoms with Crippen molar-refractivity contribution in [2.45, 2.75) is 27.7 Å². The summed E-state index contributed by atoms with van der Waals surface area (Å²) < 4.78 is 0. The minimum atomic E-state index is -0.157. The van der Waals surface area contributed by atoms with Crippen LogP contribution in [0.5, 0.6) is 23.0 Å². The summed E-state index contributed by atoms with van der Waals surface area (Å²) in [6, 6.07) is 3.38. The van der Waals surface area contributed by atoms with Crippen LogP contribution in [0.1, 0.15) is 22.3 Å². The van der Waals surface area contributed by atoms with E-state index in [1.165, 1.54) is 0 Å². The van der Waals surface area contributed by atoms with Crippen LogP contribution in [0.15, 0.2) is 12.1 Å². The van der Waals surface area contributed by atoms with Gasteiger partial charge in [0.25, 0.3) is 0 Å². The molecule has 4 N–H and O–H groups in total. The normalized spacial score (nSPS) is 10.8. The molecule has 0 aromatic heterocycles. The third kappa shape index (κ3) is 1.93. The van der Waals surface area contributed by atoms with Crippen LogP contribution in [0.2, 0.25) is 0 Å². The Morgan fingerprint density at radius 2 is 1.00 bits per heavy atom. The Bertz CT molecular complexity index is 650. The van der Waals surface area contributed by atoms with E-state index in [2.05, 4.69) is 0 Å². The third-order valence-electron chi connectivity index (χ3n) is 3.67. The van der Waals surface area contributed by atoms with E-state index in [-0.39, 0.29) is 28.6 Å². The first-order valence-electron chi connectivity index (χ1n) is 6.30. The van der Waals surface area contributed by atoms with Gasteiger partial charge in [0.05, 0.1) is 5.56 Å². The molecule has 0 aliphatic rings. The highest BCUT2D eigenvalue weighted by Gasteiger charge is 2.20. The molecule has 0 unspecified atom stereocenters. The van der Waals surface area contributed by atoms with Crippen LogP contribution in [0.3, 0.4) is 0 Å². The van der Waals surface area contributed by atoms with E-state index in [1.54, 1.807) is 39.8 Å². The highest BCUT2D eigenvalue weighted by molar-refractivity contribution is 5.82. The summed E-state index contributed by atoms with van der Waals surface area (Å²) in [5.74, 6) is -0.235. The van der Waals surface area contributed by atoms with Crippen molar-refractivity contribution in [1.82, 2.24) is 0 Å². The van der Waals surface area contributed by atoms with E-state index >= 15 is 0 Å². The van der Waals surface area contributed by atoms with Crippen LogP contribution in [0, 0.1) is 27.7 Å². The van der Waals surface area contributed by atoms with E-state index in [0.29, 0.717) is 27.8 Å². The van der Waals surface area contributed by atoms with Gasteiger partial charge in [-0.25, -0.2) is 0 Å². The molecule has 0 aliphatic heterocycles. The van der Waals surface area contributed by atoms with Crippen LogP contribution in [0.4, 0.5) is 0 Å². The number of benzene rings is 2. The molecule has 0 spiro atoms. The van der Waals surface area contributed by atoms with Crippen molar-refractivity contribution >= 4 is 0 Å². The molecule has 2 aromatic rings. The van der Waals surface area contributed by atoms with Gasteiger partial charge >= 0.3 is 0 Å². The molecule has 0 radical (unpaired) electrons. The van der Waals surface area contributed by atoms with E-state index < -0.39 is 0 Å². The Labute approximate surface area is 117 Å². The second-order valence-electron chi connectivity index (χ2n) is 5.13. The summed E-state index contributed by atoms with van der Waals surface area (Å²) in [4.78, 5) is 0. The third-order valence-corrected chi connectivity index (χ3v) is 3.67. The Morgan fingerprint density at radius 1 is 0.600 bits per heavy atom. The molecule has 2 aromatic carbocycles. The lowest BCUT2D eigenvalue weighted by Crippen LogP contribution is -1.91. The second-order valence-corrected chi connectivity index (χ2v) is 5.13. The van der Waals surface area contributed by atoms with Crippen molar-refractivity contribution in [3.63, 3.8) is 0 Å². The van der Waals surface area contributed by atoms with Crippen LogP contribution in [0.25, 0.3) is 11.1 Å². The lowest BCUT2D eigenvalue weighted by atomic mass is 9.94. The van der Waals surface area contributed by atoms with Crippen LogP contribution >= 0.6 is 0 Å². The highest BCUT2D eigenvalue weighted by atomic mass is 16.3. The lowest BCUT2D eigenvalue weighted by Gasteiger charge is -2.16. The Morgan fingerprint density at radius 3 is 1.40 bits per heavy atom. The predicted octanol–water partition coefficient (Wildman–Crippen LogP) is 3.41. The first kappa shape index (κ1) is 14.1. The predicted molar refractivity (Wildman–Crippen MR) is 77.5 cm³/mol. The van der Waals surface area contributed by atoms with Crippen molar-refractivity contribution in [3.05, 3.63) is 34.4 Å². The molecule has 0 amide bonds. The first-order valence-corrected chi connectivity index (χ1v) is 6.30. The molecule has 0 saturated heterocycles. The number of hydrogen-bond acceptors (Lipinski definition) is 4. The SMILES string of the molecule is Cc1cc(-c2c(O)c(C)c(O)c(C)c2O)cc(C)c1O. The number of rotatable bonds is 1. The monoisotopic (exact) mass is 274 g/mol. The second kappa shape index (κ2) is 4.63. The number of phenols is 4. The molecule has 20 heavy (non-hydrogen) atoms. The van der Waals surface area contributed by atoms with Gasteiger partial charge in [0.1, 0.15) is 23.0 Å². The van der Waals surface area contributed by atoms with Crippen LogP contribution < -0.4 is 0 Å². The van der Waals surface area contributed by atoms with Crippen molar-refractivity contribution in [2.75, 3.05) is 0 Å². The maximum Gasteiger partial charge on any atom is 0.133 e. The van der Waals surface area contributed by atoms with E-state index in [0.717, 1.165) is 0 Å². The van der Waals surface area contributed by atoms with Gasteiger partial charge in [-0.1, -0.05) is 0 Å². The molecule has 0 saturated carbocycles. The highest BCUT2D eigenvalue weighted by Crippen LogP contribution is 2.47. The average molecular weight is 274 g/mol. The fourth-order valence-corrected chi connectivity index (χ4v) is 2.37. The number of hydrogen-bond donors (Lipinski definition) is 4. The van der Waals surface area contributed by atoms with Gasteiger partial charge in [0.2, 0.25) is 0 Å². The zero-order chi connectivity index (χ0) is 15.2. The van der Waals surface area contributed by atoms with Crippen molar-refractivity contribution in [2.24, 2.45) is 0 Å². The molecular formula is C16H18O4. The number of aromatic hydroxyl groups is 4. The smallest absolute Gasteiger partial charge is 0.133 e. The fraction of sp³-hybridized carbons (Fsp3) is 0.250. The maximum atomic E-state index is 10.2. The van der Waals surface area contributed by atoms with Crippen LogP contribution in [-0.4, -0.2) is 20.4 Å². The average Bonchev–Trinajstić information content (AvgIpc) is 2.40. The van der Waals surface area contributed by atoms with Crippen LogP contribution in [-0.2, 0) is 0 Å². The largest absolute Gasteiger partial charge is 0.507 e. The van der Waals surface area contributed by atoms with E-state index in [9.17, 15) is 20.4 Å². The Balaban J connectivity index is 2.83. The lowest BCUT2D eigenvalue weighted by molar-refractivity contribution is 0.420. The van der Waals surface area contributed by atoms with Gasteiger partial charge in [-0.15, -0.1) is 0 Å². The minimum absolute atomic E-state index is 0.115. The number of phenolic OH excluding ortho intramolecular Hbond substituents is 4. The van der Waals surface area contributed by atoms with Crippen molar-refractivity contribution in [3.8, 4) is 34.1 Å². The Kier molecular flexibility index (Phi) is 3.26. The molecule has 0 fully saturated rings. The van der Waals surface area contributed by atoms with E-state index in [1.807, 2.05) is 0 Å². The zero-order valence-corrected chi connectivity index (χ0v) is 11.9. The minimum Gasteiger partial charge on any atom is -0.507 e. The summed E-state index contributed by atoms with van der Waals surface area (Å²) in [7, 11) is 0. The van der Waals surface area contributed by atoms with E-state index in [4.69, 9.17) is 0 Å². The van der Waals surface area contributed by atoms with Gasteiger partial charge in [-0.2, -0.15) is 0 Å². The topological polar surface area (TPSA) is 80.9 Å². The standard InChI is InChI=1S/C16H18O4/c1-7-5-11(6-8(2)13(7)17)12-15(19)9(3)14(18)10(4)16(12)20/h5-6,17-20H,1-4H3. The first-order chi connectivity index (χ1) is 9.25. The molecule has 106 valence electrons. The molecule has 4 heteroatoms. The van der Waals surface area contributed by atoms with Gasteiger partial charge in [0, 0.05) is 11.1 Å². The number of aryl methyl sites for hydroxylation is 2. The molecule has 0 aliphatic carbocycles. The molecule has 0 atom stereocenters. The Hall–Kier alpha value is -2.36. The van der Waals surface area contributed by atoms with Gasteiger partial charge in [0.15, 0.2) is 0 Å². The summed E-state index contributed by atoms with van der Waals surface area (Å²) in [5.41, 5.74) is 2.81. The van der Waals surface area contributed by atoms with Gasteiger partial charge in [-0.05, 0) is 56.5 Å². The molecule has 0 heterocycles. The van der Waals surface area contributed by atoms with Crippen molar-refractivity contribution in [1.29, 1.82) is 0 Å². The molecule has 0 bridgehead atoms. The molecule has 4 nitrogen and oxygen atoms in total. The zero-order valence-electron chi connectivity index (χ0n) is 11.9. The molecule has 2 rings (SSSR count). The summed E-state index contributed by atoms with van der Waals surface area (Å²) >= 11 is 0. The summed E-state index contributed by atoms with van der Waals surface area (Å²) in [5, 5.41) is 40.0. The summed E-state index contributed by atoms with van der Waals surface area (Å²) in [6.07, 6.45) is 0. The maximum absolute atomic E-state index is 10.2. The van der Waals surface area contributed by atoms with Crippen molar-refractivity contribution < 1.29 is 20.4 Å². The molecular weight excluding hydrogens is 256 g/mol. The quantitative estimate of drug-likeness (QED) is 0.642.